The van der Waals surface area contributed by atoms with Crippen LogP contribution in [0.3, 0.4) is 0 Å². The molecule has 4 aromatic rings. The molecular weight excluding hydrogens is 440 g/mol. The van der Waals surface area contributed by atoms with Crippen molar-refractivity contribution in [1.29, 1.82) is 0 Å². The summed E-state index contributed by atoms with van der Waals surface area (Å²) in [6.45, 7) is 7.73. The molecule has 1 aliphatic heterocycles. The maximum atomic E-state index is 13.0. The largest absolute Gasteiger partial charge is 0.409 e. The van der Waals surface area contributed by atoms with Crippen molar-refractivity contribution >= 4 is 16.7 Å². The minimum atomic E-state index is -0.217. The fourth-order valence-electron chi connectivity index (χ4n) is 4.60. The fraction of sp³-hybridized carbons (Fsp3) is 0.370. The summed E-state index contributed by atoms with van der Waals surface area (Å²) in [5.41, 5.74) is 2.51. The van der Waals surface area contributed by atoms with Crippen molar-refractivity contribution in [3.05, 3.63) is 83.0 Å². The molecule has 0 bridgehead atoms. The minimum absolute atomic E-state index is 0.217. The van der Waals surface area contributed by atoms with Gasteiger partial charge in [0.1, 0.15) is 17.8 Å². The molecule has 0 aliphatic carbocycles. The van der Waals surface area contributed by atoms with E-state index in [1.807, 2.05) is 30.3 Å². The van der Waals surface area contributed by atoms with Crippen LogP contribution >= 0.6 is 0 Å². The number of fused-ring (bicyclic) bond motifs is 1. The first-order valence-electron chi connectivity index (χ1n) is 12.4. The Labute approximate surface area is 205 Å². The summed E-state index contributed by atoms with van der Waals surface area (Å²) in [6, 6.07) is 20.3. The first kappa shape index (κ1) is 23.1. The summed E-state index contributed by atoms with van der Waals surface area (Å²) in [7, 11) is 0. The summed E-state index contributed by atoms with van der Waals surface area (Å²) in [4.78, 5) is 28.4. The smallest absolute Gasteiger partial charge is 0.297 e. The van der Waals surface area contributed by atoms with Crippen LogP contribution in [0.25, 0.3) is 16.7 Å². The number of aryl methyl sites for hydroxylation is 1. The molecule has 1 fully saturated rings. The molecule has 3 heterocycles. The normalized spacial score (nSPS) is 14.5. The lowest BCUT2D eigenvalue weighted by Gasteiger charge is -2.36. The Kier molecular flexibility index (Phi) is 7.09. The molecule has 0 unspecified atom stereocenters. The zero-order valence-electron chi connectivity index (χ0n) is 20.2. The standard InChI is InChI=1S/C27H32N6O2/c1-22-29-26-25(21-28-32(26)24-13-7-3-8-14-24)27(34)33(22)35-20-10-4-9-15-30-16-18-31(19-17-30)23-11-5-2-6-12-23/h2-3,5-8,11-14,21H,4,9-10,15-20H2,1H3. The van der Waals surface area contributed by atoms with Gasteiger partial charge in [-0.3, -0.25) is 9.69 Å². The summed E-state index contributed by atoms with van der Waals surface area (Å²) in [5, 5.41) is 4.83. The molecule has 5 rings (SSSR count). The number of hydrogen-bond donors (Lipinski definition) is 0. The van der Waals surface area contributed by atoms with Crippen LogP contribution in [0.5, 0.6) is 0 Å². The zero-order valence-corrected chi connectivity index (χ0v) is 20.2. The predicted molar refractivity (Wildman–Crippen MR) is 138 cm³/mol. The van der Waals surface area contributed by atoms with Crippen LogP contribution in [-0.2, 0) is 0 Å². The van der Waals surface area contributed by atoms with E-state index in [2.05, 4.69) is 50.2 Å². The van der Waals surface area contributed by atoms with Crippen molar-refractivity contribution in [2.24, 2.45) is 0 Å². The monoisotopic (exact) mass is 472 g/mol. The van der Waals surface area contributed by atoms with Crippen molar-refractivity contribution in [3.63, 3.8) is 0 Å². The Bertz CT molecular complexity index is 1290. The van der Waals surface area contributed by atoms with E-state index in [1.165, 1.54) is 10.4 Å². The molecule has 8 nitrogen and oxygen atoms in total. The van der Waals surface area contributed by atoms with E-state index in [-0.39, 0.29) is 5.56 Å². The van der Waals surface area contributed by atoms with E-state index in [0.29, 0.717) is 23.5 Å². The molecular formula is C27H32N6O2. The molecule has 0 saturated carbocycles. The Hall–Kier alpha value is -3.65. The Morgan fingerprint density at radius 3 is 2.26 bits per heavy atom. The summed E-state index contributed by atoms with van der Waals surface area (Å²) < 4.78 is 3.00. The summed E-state index contributed by atoms with van der Waals surface area (Å²) in [6.07, 6.45) is 4.66. The van der Waals surface area contributed by atoms with Crippen molar-refractivity contribution in [3.8, 4) is 5.69 Å². The lowest BCUT2D eigenvalue weighted by Crippen LogP contribution is -2.46. The van der Waals surface area contributed by atoms with Gasteiger partial charge in [0.15, 0.2) is 5.65 Å². The maximum absolute atomic E-state index is 13.0. The fourth-order valence-corrected chi connectivity index (χ4v) is 4.60. The van der Waals surface area contributed by atoms with Crippen LogP contribution in [0.2, 0.25) is 0 Å². The average Bonchev–Trinajstić information content (AvgIpc) is 3.33. The quantitative estimate of drug-likeness (QED) is 0.348. The van der Waals surface area contributed by atoms with Crippen LogP contribution in [-0.4, -0.2) is 63.7 Å². The van der Waals surface area contributed by atoms with E-state index in [9.17, 15) is 4.79 Å². The molecule has 0 radical (unpaired) electrons. The van der Waals surface area contributed by atoms with E-state index in [1.54, 1.807) is 17.8 Å². The Balaban J connectivity index is 1.08. The van der Waals surface area contributed by atoms with Crippen LogP contribution in [0.4, 0.5) is 5.69 Å². The highest BCUT2D eigenvalue weighted by atomic mass is 16.7. The van der Waals surface area contributed by atoms with Crippen molar-refractivity contribution in [2.45, 2.75) is 26.2 Å². The molecule has 1 saturated heterocycles. The van der Waals surface area contributed by atoms with E-state index >= 15 is 0 Å². The highest BCUT2D eigenvalue weighted by Crippen LogP contribution is 2.16. The van der Waals surface area contributed by atoms with Crippen LogP contribution < -0.4 is 15.3 Å². The number of anilines is 1. The second-order valence-corrected chi connectivity index (χ2v) is 8.95. The van der Waals surface area contributed by atoms with Gasteiger partial charge in [0, 0.05) is 31.9 Å². The second kappa shape index (κ2) is 10.7. The number of benzene rings is 2. The molecule has 8 heteroatoms. The van der Waals surface area contributed by atoms with Crippen molar-refractivity contribution < 1.29 is 4.84 Å². The SMILES string of the molecule is Cc1nc2c(cnn2-c2ccccc2)c(=O)n1OCCCCCN1CCN(c2ccccc2)CC1. The highest BCUT2D eigenvalue weighted by Gasteiger charge is 2.17. The molecule has 0 amide bonds. The van der Waals surface area contributed by atoms with Crippen molar-refractivity contribution in [1.82, 2.24) is 24.4 Å². The van der Waals surface area contributed by atoms with Gasteiger partial charge in [0.05, 0.1) is 11.9 Å². The molecule has 0 atom stereocenters. The van der Waals surface area contributed by atoms with Crippen LogP contribution in [0, 0.1) is 6.92 Å². The number of aromatic nitrogens is 4. The van der Waals surface area contributed by atoms with E-state index in [4.69, 9.17) is 4.84 Å². The molecule has 182 valence electrons. The van der Waals surface area contributed by atoms with Crippen LogP contribution in [0.15, 0.2) is 71.7 Å². The van der Waals surface area contributed by atoms with Gasteiger partial charge < -0.3 is 9.74 Å². The van der Waals surface area contributed by atoms with Gasteiger partial charge in [0.25, 0.3) is 5.56 Å². The van der Waals surface area contributed by atoms with Gasteiger partial charge in [-0.25, -0.2) is 9.67 Å². The number of unbranched alkanes of at least 4 members (excludes halogenated alkanes) is 2. The topological polar surface area (TPSA) is 68.4 Å². The Morgan fingerprint density at radius 2 is 1.54 bits per heavy atom. The highest BCUT2D eigenvalue weighted by molar-refractivity contribution is 5.75. The van der Waals surface area contributed by atoms with Gasteiger partial charge in [0.2, 0.25) is 0 Å². The first-order valence-corrected chi connectivity index (χ1v) is 12.4. The number of piperazine rings is 1. The second-order valence-electron chi connectivity index (χ2n) is 8.95. The maximum Gasteiger partial charge on any atom is 0.297 e. The minimum Gasteiger partial charge on any atom is -0.409 e. The third-order valence-corrected chi connectivity index (χ3v) is 6.55. The van der Waals surface area contributed by atoms with Gasteiger partial charge in [-0.1, -0.05) is 36.4 Å². The van der Waals surface area contributed by atoms with Crippen LogP contribution in [0.1, 0.15) is 25.1 Å². The number of rotatable bonds is 9. The Morgan fingerprint density at radius 1 is 0.857 bits per heavy atom. The van der Waals surface area contributed by atoms with Gasteiger partial charge in [-0.2, -0.15) is 5.10 Å². The number of para-hydroxylation sites is 2. The third kappa shape index (κ3) is 5.22. The predicted octanol–water partition coefficient (Wildman–Crippen LogP) is 3.31. The third-order valence-electron chi connectivity index (χ3n) is 6.55. The van der Waals surface area contributed by atoms with Crippen molar-refractivity contribution in [2.75, 3.05) is 44.2 Å². The number of hydrogen-bond acceptors (Lipinski definition) is 6. The van der Waals surface area contributed by atoms with Gasteiger partial charge >= 0.3 is 0 Å². The summed E-state index contributed by atoms with van der Waals surface area (Å²) in [5.74, 6) is 0.525. The lowest BCUT2D eigenvalue weighted by molar-refractivity contribution is 0.0915. The zero-order chi connectivity index (χ0) is 24.0. The van der Waals surface area contributed by atoms with Gasteiger partial charge in [-0.05, 0) is 57.0 Å². The van der Waals surface area contributed by atoms with E-state index in [0.717, 1.165) is 57.7 Å². The molecule has 2 aromatic heterocycles. The summed E-state index contributed by atoms with van der Waals surface area (Å²) >= 11 is 0. The lowest BCUT2D eigenvalue weighted by atomic mass is 10.2. The molecule has 35 heavy (non-hydrogen) atoms. The number of nitrogens with zero attached hydrogens (tertiary/aromatic N) is 6. The first-order chi connectivity index (χ1) is 17.2. The van der Waals surface area contributed by atoms with E-state index < -0.39 is 0 Å². The average molecular weight is 473 g/mol. The molecule has 0 spiro atoms. The van der Waals surface area contributed by atoms with Gasteiger partial charge in [-0.15, -0.1) is 4.73 Å². The molecule has 1 aliphatic rings. The molecule has 0 N–H and O–H groups in total. The molecule has 2 aromatic carbocycles.